The summed E-state index contributed by atoms with van der Waals surface area (Å²) >= 11 is 0. The van der Waals surface area contributed by atoms with Gasteiger partial charge in [0.1, 0.15) is 0 Å². The van der Waals surface area contributed by atoms with E-state index in [1.165, 1.54) is 6.19 Å². The van der Waals surface area contributed by atoms with Crippen LogP contribution in [0.2, 0.25) is 0 Å². The topological polar surface area (TPSA) is 128 Å². The Bertz CT molecular complexity index is 112. The Kier molecular flexibility index (Phi) is 5.92. The summed E-state index contributed by atoms with van der Waals surface area (Å²) in [5.74, 6) is 0. The zero-order chi connectivity index (χ0) is 7.21. The van der Waals surface area contributed by atoms with Crippen molar-refractivity contribution < 1.29 is 19.2 Å². The minimum Gasteiger partial charge on any atom is -0.337 e. The van der Waals surface area contributed by atoms with E-state index in [1.807, 2.05) is 0 Å². The lowest BCUT2D eigenvalue weighted by molar-refractivity contribution is 0.275. The lowest BCUT2D eigenvalue weighted by Crippen LogP contribution is -1.69. The van der Waals surface area contributed by atoms with Crippen LogP contribution in [-0.2, 0) is 4.57 Å². The van der Waals surface area contributed by atoms with Crippen LogP contribution in [0, 0.1) is 11.5 Å². The fraction of sp³-hybridized carbons (Fsp3) is 0. The molecule has 6 nitrogen and oxygen atoms in total. The summed E-state index contributed by atoms with van der Waals surface area (Å²) in [4.78, 5) is 21.6. The molecule has 0 rings (SSSR count). The highest BCUT2D eigenvalue weighted by atomic mass is 31.2. The van der Waals surface area contributed by atoms with Gasteiger partial charge in [0.05, 0.1) is 0 Å². The van der Waals surface area contributed by atoms with Gasteiger partial charge in [-0.05, 0) is 0 Å². The monoisotopic (exact) mass is 140 g/mol. The number of rotatable bonds is 0. The Morgan fingerprint density at radius 2 is 1.50 bits per heavy atom. The molecule has 0 aromatic rings. The molecule has 0 aliphatic rings. The summed E-state index contributed by atoms with van der Waals surface area (Å²) in [5, 5.41) is 7.10. The zero-order valence-corrected chi connectivity index (χ0v) is 4.62. The van der Waals surface area contributed by atoms with Gasteiger partial charge in [0.25, 0.3) is 0 Å². The number of phosphoric acid groups is 1. The van der Waals surface area contributed by atoms with E-state index in [1.54, 1.807) is 0 Å². The van der Waals surface area contributed by atoms with Gasteiger partial charge in [-0.25, -0.2) is 4.57 Å². The molecule has 0 radical (unpaired) electrons. The molecule has 0 amide bonds. The molecule has 0 unspecified atom stereocenters. The van der Waals surface area contributed by atoms with Crippen LogP contribution in [0.4, 0.5) is 0 Å². The van der Waals surface area contributed by atoms with Crippen LogP contribution in [0.5, 0.6) is 0 Å². The van der Waals surface area contributed by atoms with Crippen LogP contribution in [0.1, 0.15) is 0 Å². The van der Waals surface area contributed by atoms with Gasteiger partial charge in [0.2, 0.25) is 0 Å². The van der Waals surface area contributed by atoms with Crippen molar-refractivity contribution in [1.29, 1.82) is 5.26 Å². The van der Waals surface area contributed by atoms with E-state index in [0.29, 0.717) is 0 Å². The van der Waals surface area contributed by atoms with Gasteiger partial charge in [-0.15, -0.1) is 0 Å². The zero-order valence-electron chi connectivity index (χ0n) is 3.72. The fourth-order valence-corrected chi connectivity index (χ4v) is 0. The van der Waals surface area contributed by atoms with Crippen molar-refractivity contribution in [3.8, 4) is 6.19 Å². The molecule has 7 heteroatoms. The van der Waals surface area contributed by atoms with E-state index in [9.17, 15) is 0 Å². The number of nitrogens with two attached hydrogens (primary N) is 1. The predicted octanol–water partition coefficient (Wildman–Crippen LogP) is -1.50. The van der Waals surface area contributed by atoms with Gasteiger partial charge < -0.3 is 20.4 Å². The number of hydrogen-bond acceptors (Lipinski definition) is 3. The van der Waals surface area contributed by atoms with Gasteiger partial charge in [0.15, 0.2) is 6.19 Å². The standard InChI is InChI=1S/CH2N2.H3O4P/c2-1-3;1-5(2,3)4/h2H2;(H3,1,2,3,4). The van der Waals surface area contributed by atoms with Crippen LogP contribution in [0.25, 0.3) is 0 Å². The van der Waals surface area contributed by atoms with Gasteiger partial charge in [-0.1, -0.05) is 0 Å². The second-order valence-corrected chi connectivity index (χ2v) is 1.67. The van der Waals surface area contributed by atoms with E-state index in [-0.39, 0.29) is 0 Å². The number of nitriles is 1. The van der Waals surface area contributed by atoms with E-state index in [2.05, 4.69) is 5.73 Å². The largest absolute Gasteiger partial charge is 0.466 e. The summed E-state index contributed by atoms with van der Waals surface area (Å²) in [5.41, 5.74) is 4.15. The van der Waals surface area contributed by atoms with Gasteiger partial charge >= 0.3 is 7.82 Å². The van der Waals surface area contributed by atoms with Crippen molar-refractivity contribution >= 4 is 7.82 Å². The van der Waals surface area contributed by atoms with E-state index < -0.39 is 7.82 Å². The smallest absolute Gasteiger partial charge is 0.337 e. The molecule has 0 aliphatic heterocycles. The highest BCUT2D eigenvalue weighted by Crippen LogP contribution is 2.25. The third-order valence-corrected chi connectivity index (χ3v) is 0. The molecular weight excluding hydrogens is 135 g/mol. The molecule has 0 aliphatic carbocycles. The third-order valence-electron chi connectivity index (χ3n) is 0. The Balaban J connectivity index is 0. The van der Waals surface area contributed by atoms with E-state index >= 15 is 0 Å². The highest BCUT2D eigenvalue weighted by Gasteiger charge is 2.00. The first-order valence-corrected chi connectivity index (χ1v) is 2.86. The Hall–Kier alpha value is -0.600. The molecule has 0 atom stereocenters. The van der Waals surface area contributed by atoms with Crippen molar-refractivity contribution in [2.24, 2.45) is 5.73 Å². The summed E-state index contributed by atoms with van der Waals surface area (Å²) in [6.07, 6.45) is 1.25. The maximum Gasteiger partial charge on any atom is 0.466 e. The first-order valence-electron chi connectivity index (χ1n) is 1.29. The van der Waals surface area contributed by atoms with E-state index in [4.69, 9.17) is 24.5 Å². The van der Waals surface area contributed by atoms with Gasteiger partial charge in [-0.3, -0.25) is 0 Å². The maximum atomic E-state index is 8.88. The van der Waals surface area contributed by atoms with Crippen LogP contribution in [0.15, 0.2) is 0 Å². The minimum absolute atomic E-state index is 1.25. The molecule has 0 heterocycles. The van der Waals surface area contributed by atoms with Gasteiger partial charge in [0, 0.05) is 0 Å². The SMILES string of the molecule is N#CN.O=P(O)(O)O. The molecular formula is CH5N2O4P. The predicted molar refractivity (Wildman–Crippen MR) is 24.1 cm³/mol. The number of hydrogen-bond donors (Lipinski definition) is 4. The quantitative estimate of drug-likeness (QED) is 0.184. The summed E-state index contributed by atoms with van der Waals surface area (Å²) < 4.78 is 8.88. The average molecular weight is 140 g/mol. The van der Waals surface area contributed by atoms with Crippen LogP contribution in [0.3, 0.4) is 0 Å². The van der Waals surface area contributed by atoms with Gasteiger partial charge in [-0.2, -0.15) is 5.26 Å². The first-order chi connectivity index (χ1) is 3.41. The van der Waals surface area contributed by atoms with Crippen LogP contribution < -0.4 is 5.73 Å². The van der Waals surface area contributed by atoms with Crippen molar-refractivity contribution in [1.82, 2.24) is 0 Å². The summed E-state index contributed by atoms with van der Waals surface area (Å²) in [6.45, 7) is 0. The Morgan fingerprint density at radius 3 is 1.50 bits per heavy atom. The molecule has 0 bridgehead atoms. The average Bonchev–Trinajstić information content (AvgIpc) is 1.27. The molecule has 0 saturated carbocycles. The Labute approximate surface area is 45.4 Å². The Morgan fingerprint density at radius 1 is 1.50 bits per heavy atom. The van der Waals surface area contributed by atoms with Crippen molar-refractivity contribution in [3.63, 3.8) is 0 Å². The van der Waals surface area contributed by atoms with Crippen LogP contribution >= 0.6 is 7.82 Å². The molecule has 48 valence electrons. The third kappa shape index (κ3) is 290. The molecule has 5 N–H and O–H groups in total. The van der Waals surface area contributed by atoms with Crippen molar-refractivity contribution in [2.45, 2.75) is 0 Å². The lowest BCUT2D eigenvalue weighted by Gasteiger charge is -1.82. The van der Waals surface area contributed by atoms with Crippen molar-refractivity contribution in [3.05, 3.63) is 0 Å². The molecule has 0 spiro atoms. The maximum absolute atomic E-state index is 8.88. The molecule has 0 aromatic carbocycles. The van der Waals surface area contributed by atoms with E-state index in [0.717, 1.165) is 0 Å². The first kappa shape index (κ1) is 10.4. The second-order valence-electron chi connectivity index (χ2n) is 0.642. The number of nitrogens with zero attached hydrogens (tertiary/aromatic N) is 1. The summed E-state index contributed by atoms with van der Waals surface area (Å²) in [7, 11) is -4.64. The molecule has 8 heavy (non-hydrogen) atoms. The normalized spacial score (nSPS) is 8.25. The van der Waals surface area contributed by atoms with Crippen molar-refractivity contribution in [2.75, 3.05) is 0 Å². The molecule has 0 fully saturated rings. The molecule has 0 aromatic heterocycles. The van der Waals surface area contributed by atoms with Crippen LogP contribution in [-0.4, -0.2) is 14.7 Å². The molecule has 0 saturated heterocycles. The highest BCUT2D eigenvalue weighted by molar-refractivity contribution is 7.45. The minimum atomic E-state index is -4.64. The summed E-state index contributed by atoms with van der Waals surface area (Å²) in [6, 6.07) is 0. The fourth-order valence-electron chi connectivity index (χ4n) is 0. The lowest BCUT2D eigenvalue weighted by atomic mass is 11.5. The second kappa shape index (κ2) is 4.56.